The van der Waals surface area contributed by atoms with Crippen LogP contribution in [-0.4, -0.2) is 17.0 Å². The highest BCUT2D eigenvalue weighted by atomic mass is 16.3. The minimum Gasteiger partial charge on any atom is -0.393 e. The van der Waals surface area contributed by atoms with E-state index in [-0.39, 0.29) is 16.9 Å². The molecule has 4 saturated carbocycles. The van der Waals surface area contributed by atoms with Gasteiger partial charge in [-0.05, 0) is 98.7 Å². The Hall–Kier alpha value is -0.370. The molecular weight excluding hydrogens is 296 g/mol. The van der Waals surface area contributed by atoms with Gasteiger partial charge in [-0.1, -0.05) is 20.8 Å². The third-order valence-corrected chi connectivity index (χ3v) is 9.49. The smallest absolute Gasteiger partial charge is 0.133 e. The molecule has 0 radical (unpaired) electrons. The molecule has 0 bridgehead atoms. The quantitative estimate of drug-likeness (QED) is 0.746. The predicted octanol–water partition coefficient (Wildman–Crippen LogP) is 4.84. The van der Waals surface area contributed by atoms with Crippen LogP contribution in [0.15, 0.2) is 0 Å². The Morgan fingerprint density at radius 1 is 1.00 bits per heavy atom. The van der Waals surface area contributed by atoms with E-state index in [1.807, 2.05) is 6.92 Å². The predicted molar refractivity (Wildman–Crippen MR) is 96.5 cm³/mol. The average Bonchev–Trinajstić information content (AvgIpc) is 2.86. The molecule has 4 rings (SSSR count). The number of aliphatic hydroxyl groups excluding tert-OH is 1. The number of Topliss-reactive ketones (excluding diaryl/α,β-unsaturated/α-hetero) is 1. The number of hydrogen-bond donors (Lipinski definition) is 1. The summed E-state index contributed by atoms with van der Waals surface area (Å²) in [5.74, 6) is 4.26. The van der Waals surface area contributed by atoms with Gasteiger partial charge in [-0.3, -0.25) is 4.79 Å². The maximum atomic E-state index is 12.2. The standard InChI is InChI=1S/C22H36O2/c1-13-11-15-5-6-16-18-8-7-17(14(2)23)21(18,3)10-9-19(16)22(15,4)20(24)12-13/h13,15-20,24H,5-12H2,1-4H3/t13?,15-,16-,17+,18-,19-,20?,21+,22-/m0/s1. The zero-order chi connectivity index (χ0) is 17.3. The van der Waals surface area contributed by atoms with Crippen molar-refractivity contribution in [3.63, 3.8) is 0 Å². The van der Waals surface area contributed by atoms with Crippen LogP contribution in [0.25, 0.3) is 0 Å². The van der Waals surface area contributed by atoms with Gasteiger partial charge in [-0.2, -0.15) is 0 Å². The van der Waals surface area contributed by atoms with Crippen molar-refractivity contribution < 1.29 is 9.90 Å². The van der Waals surface area contributed by atoms with Gasteiger partial charge >= 0.3 is 0 Å². The highest BCUT2D eigenvalue weighted by molar-refractivity contribution is 5.79. The summed E-state index contributed by atoms with van der Waals surface area (Å²) in [7, 11) is 0. The topological polar surface area (TPSA) is 37.3 Å². The van der Waals surface area contributed by atoms with Crippen LogP contribution in [0, 0.1) is 46.3 Å². The molecule has 2 nitrogen and oxygen atoms in total. The number of fused-ring (bicyclic) bond motifs is 5. The highest BCUT2D eigenvalue weighted by Gasteiger charge is 2.62. The van der Waals surface area contributed by atoms with Crippen LogP contribution in [0.1, 0.15) is 79.1 Å². The fraction of sp³-hybridized carbons (Fsp3) is 0.955. The Labute approximate surface area is 147 Å². The van der Waals surface area contributed by atoms with Crippen molar-refractivity contribution in [2.45, 2.75) is 85.2 Å². The monoisotopic (exact) mass is 332 g/mol. The third kappa shape index (κ3) is 2.14. The Kier molecular flexibility index (Phi) is 3.95. The summed E-state index contributed by atoms with van der Waals surface area (Å²) >= 11 is 0. The molecule has 1 N–H and O–H groups in total. The fourth-order valence-electron chi connectivity index (χ4n) is 8.25. The third-order valence-electron chi connectivity index (χ3n) is 9.49. The zero-order valence-electron chi connectivity index (χ0n) is 16.1. The molecule has 0 aromatic rings. The average molecular weight is 333 g/mol. The number of ketones is 1. The van der Waals surface area contributed by atoms with Gasteiger partial charge in [0.15, 0.2) is 0 Å². The van der Waals surface area contributed by atoms with E-state index in [1.165, 1.54) is 38.5 Å². The molecule has 0 aromatic carbocycles. The summed E-state index contributed by atoms with van der Waals surface area (Å²) in [4.78, 5) is 12.2. The van der Waals surface area contributed by atoms with E-state index >= 15 is 0 Å². The summed E-state index contributed by atoms with van der Waals surface area (Å²) in [5.41, 5.74) is 0.369. The van der Waals surface area contributed by atoms with E-state index in [1.54, 1.807) is 0 Å². The van der Waals surface area contributed by atoms with Crippen LogP contribution in [0.5, 0.6) is 0 Å². The largest absolute Gasteiger partial charge is 0.393 e. The van der Waals surface area contributed by atoms with Crippen molar-refractivity contribution in [2.24, 2.45) is 46.3 Å². The van der Waals surface area contributed by atoms with Gasteiger partial charge < -0.3 is 5.11 Å². The lowest BCUT2D eigenvalue weighted by Gasteiger charge is -2.62. The van der Waals surface area contributed by atoms with Crippen molar-refractivity contribution in [3.8, 4) is 0 Å². The minimum absolute atomic E-state index is 0.117. The molecule has 0 saturated heterocycles. The molecule has 0 aliphatic heterocycles. The number of carbonyl (C=O) groups is 1. The zero-order valence-corrected chi connectivity index (χ0v) is 16.1. The van der Waals surface area contributed by atoms with Crippen molar-refractivity contribution in [3.05, 3.63) is 0 Å². The minimum atomic E-state index is -0.117. The van der Waals surface area contributed by atoms with Gasteiger partial charge in [0.2, 0.25) is 0 Å². The molecule has 4 aliphatic rings. The normalized spacial score (nSPS) is 57.0. The number of hydrogen-bond acceptors (Lipinski definition) is 2. The lowest BCUT2D eigenvalue weighted by Crippen LogP contribution is -2.58. The van der Waals surface area contributed by atoms with E-state index < -0.39 is 0 Å². The summed E-state index contributed by atoms with van der Waals surface area (Å²) in [6.07, 6.45) is 9.63. The van der Waals surface area contributed by atoms with Crippen LogP contribution in [0.3, 0.4) is 0 Å². The van der Waals surface area contributed by atoms with Gasteiger partial charge in [0.05, 0.1) is 6.10 Å². The number of carbonyl (C=O) groups excluding carboxylic acids is 1. The molecule has 24 heavy (non-hydrogen) atoms. The molecule has 2 heteroatoms. The fourth-order valence-corrected chi connectivity index (χ4v) is 8.25. The van der Waals surface area contributed by atoms with Crippen molar-refractivity contribution in [2.75, 3.05) is 0 Å². The molecule has 0 amide bonds. The Bertz CT molecular complexity index is 528. The SMILES string of the molecule is CC(=O)[C@H]1CC[C@H]2[C@@H]3CC[C@H]4CC(C)CC(O)[C@]4(C)[C@H]3CC[C@]12C. The maximum absolute atomic E-state index is 12.2. The summed E-state index contributed by atoms with van der Waals surface area (Å²) in [5, 5.41) is 11.1. The van der Waals surface area contributed by atoms with Crippen molar-refractivity contribution in [1.29, 1.82) is 0 Å². The second-order valence-corrected chi connectivity index (χ2v) is 10.4. The molecule has 2 unspecified atom stereocenters. The van der Waals surface area contributed by atoms with Crippen molar-refractivity contribution >= 4 is 5.78 Å². The van der Waals surface area contributed by atoms with E-state index in [4.69, 9.17) is 0 Å². The van der Waals surface area contributed by atoms with E-state index in [0.29, 0.717) is 29.5 Å². The van der Waals surface area contributed by atoms with Gasteiger partial charge in [-0.25, -0.2) is 0 Å². The van der Waals surface area contributed by atoms with E-state index in [9.17, 15) is 9.90 Å². The van der Waals surface area contributed by atoms with Gasteiger partial charge in [0.25, 0.3) is 0 Å². The molecule has 0 heterocycles. The molecular formula is C22H36O2. The molecule has 136 valence electrons. The number of aliphatic hydroxyl groups is 1. The van der Waals surface area contributed by atoms with Crippen molar-refractivity contribution in [1.82, 2.24) is 0 Å². The first kappa shape index (κ1) is 17.1. The van der Waals surface area contributed by atoms with E-state index in [2.05, 4.69) is 20.8 Å². The van der Waals surface area contributed by atoms with Crippen LogP contribution in [0.2, 0.25) is 0 Å². The molecule has 4 aliphatic carbocycles. The summed E-state index contributed by atoms with van der Waals surface area (Å²) in [6, 6.07) is 0. The van der Waals surface area contributed by atoms with Gasteiger partial charge in [0.1, 0.15) is 5.78 Å². The lowest BCUT2D eigenvalue weighted by molar-refractivity contribution is -0.172. The Morgan fingerprint density at radius 2 is 1.75 bits per heavy atom. The lowest BCUT2D eigenvalue weighted by atomic mass is 9.43. The second kappa shape index (κ2) is 5.56. The second-order valence-electron chi connectivity index (χ2n) is 10.4. The first-order valence-corrected chi connectivity index (χ1v) is 10.5. The highest BCUT2D eigenvalue weighted by Crippen LogP contribution is 2.67. The summed E-state index contributed by atoms with van der Waals surface area (Å²) < 4.78 is 0. The van der Waals surface area contributed by atoms with Crippen LogP contribution in [0.4, 0.5) is 0 Å². The Balaban J connectivity index is 1.65. The molecule has 0 spiro atoms. The summed E-state index contributed by atoms with van der Waals surface area (Å²) in [6.45, 7) is 8.97. The van der Waals surface area contributed by atoms with E-state index in [0.717, 1.165) is 24.7 Å². The molecule has 4 fully saturated rings. The first-order chi connectivity index (χ1) is 11.3. The Morgan fingerprint density at radius 3 is 2.46 bits per heavy atom. The van der Waals surface area contributed by atoms with Crippen LogP contribution < -0.4 is 0 Å². The molecule has 0 aromatic heterocycles. The van der Waals surface area contributed by atoms with Crippen LogP contribution in [-0.2, 0) is 4.79 Å². The van der Waals surface area contributed by atoms with Crippen LogP contribution >= 0.6 is 0 Å². The maximum Gasteiger partial charge on any atom is 0.133 e. The van der Waals surface area contributed by atoms with Gasteiger partial charge in [-0.15, -0.1) is 0 Å². The number of rotatable bonds is 1. The van der Waals surface area contributed by atoms with Gasteiger partial charge in [0, 0.05) is 5.92 Å². The first-order valence-electron chi connectivity index (χ1n) is 10.5. The molecule has 9 atom stereocenters.